The molecule has 3 nitrogen and oxygen atoms in total. The Balaban J connectivity index is 2.66. The molecular formula is C10H20N2O. The monoisotopic (exact) mass is 184 g/mol. The van der Waals surface area contributed by atoms with Crippen molar-refractivity contribution in [1.29, 1.82) is 0 Å². The minimum absolute atomic E-state index is 0.0500. The number of nitrogens with two attached hydrogens (primary N) is 1. The molecule has 1 fully saturated rings. The van der Waals surface area contributed by atoms with Crippen LogP contribution < -0.4 is 11.3 Å². The van der Waals surface area contributed by atoms with Gasteiger partial charge < -0.3 is 0 Å². The van der Waals surface area contributed by atoms with Crippen LogP contribution in [-0.4, -0.2) is 5.91 Å². The molecule has 1 aliphatic rings. The molecule has 0 bridgehead atoms. The number of rotatable bonds is 3. The van der Waals surface area contributed by atoms with Gasteiger partial charge in [0.15, 0.2) is 0 Å². The predicted octanol–water partition coefficient (Wildman–Crippen LogP) is 1.73. The SMILES string of the molecule is CCCC1(C(=O)NN)CCCCC1. The first-order valence-electron chi connectivity index (χ1n) is 5.26. The molecule has 0 aromatic rings. The summed E-state index contributed by atoms with van der Waals surface area (Å²) in [5, 5.41) is 0. The van der Waals surface area contributed by atoms with E-state index >= 15 is 0 Å². The van der Waals surface area contributed by atoms with Gasteiger partial charge in [-0.05, 0) is 19.3 Å². The summed E-state index contributed by atoms with van der Waals surface area (Å²) in [6.45, 7) is 2.13. The Morgan fingerprint density at radius 1 is 1.38 bits per heavy atom. The molecule has 0 heterocycles. The van der Waals surface area contributed by atoms with Crippen LogP contribution in [0.2, 0.25) is 0 Å². The molecule has 0 spiro atoms. The third kappa shape index (κ3) is 2.21. The third-order valence-electron chi connectivity index (χ3n) is 3.15. The van der Waals surface area contributed by atoms with Gasteiger partial charge in [0.25, 0.3) is 0 Å². The molecule has 3 heteroatoms. The Kier molecular flexibility index (Phi) is 3.72. The molecule has 1 amide bonds. The van der Waals surface area contributed by atoms with Crippen molar-refractivity contribution in [2.45, 2.75) is 51.9 Å². The van der Waals surface area contributed by atoms with Gasteiger partial charge >= 0.3 is 0 Å². The van der Waals surface area contributed by atoms with Gasteiger partial charge in [-0.1, -0.05) is 32.6 Å². The number of hydrazine groups is 1. The van der Waals surface area contributed by atoms with E-state index in [1.165, 1.54) is 19.3 Å². The lowest BCUT2D eigenvalue weighted by atomic mass is 9.70. The highest BCUT2D eigenvalue weighted by Crippen LogP contribution is 2.40. The first-order valence-corrected chi connectivity index (χ1v) is 5.26. The van der Waals surface area contributed by atoms with E-state index in [0.29, 0.717) is 0 Å². The topological polar surface area (TPSA) is 55.1 Å². The summed E-state index contributed by atoms with van der Waals surface area (Å²) in [6, 6.07) is 0. The molecule has 0 radical (unpaired) electrons. The number of carbonyl (C=O) groups is 1. The van der Waals surface area contributed by atoms with Crippen molar-refractivity contribution in [3.63, 3.8) is 0 Å². The van der Waals surface area contributed by atoms with Crippen molar-refractivity contribution in [3.8, 4) is 0 Å². The minimum atomic E-state index is -0.137. The lowest BCUT2D eigenvalue weighted by Gasteiger charge is -2.35. The Bertz CT molecular complexity index is 168. The van der Waals surface area contributed by atoms with E-state index in [4.69, 9.17) is 5.84 Å². The maximum absolute atomic E-state index is 11.6. The van der Waals surface area contributed by atoms with E-state index in [-0.39, 0.29) is 11.3 Å². The maximum Gasteiger partial charge on any atom is 0.240 e. The Hall–Kier alpha value is -0.570. The van der Waals surface area contributed by atoms with Crippen LogP contribution in [0.1, 0.15) is 51.9 Å². The lowest BCUT2D eigenvalue weighted by Crippen LogP contribution is -2.45. The quantitative estimate of drug-likeness (QED) is 0.398. The number of hydrogen-bond donors (Lipinski definition) is 2. The molecule has 1 saturated carbocycles. The first kappa shape index (κ1) is 10.5. The van der Waals surface area contributed by atoms with Crippen LogP contribution in [0.3, 0.4) is 0 Å². The summed E-state index contributed by atoms with van der Waals surface area (Å²) in [5.74, 6) is 5.27. The average molecular weight is 184 g/mol. The van der Waals surface area contributed by atoms with Crippen LogP contribution in [0.25, 0.3) is 0 Å². The zero-order chi connectivity index (χ0) is 9.73. The summed E-state index contributed by atoms with van der Waals surface area (Å²) in [6.07, 6.45) is 7.70. The van der Waals surface area contributed by atoms with Crippen molar-refractivity contribution in [2.75, 3.05) is 0 Å². The fourth-order valence-electron chi connectivity index (χ4n) is 2.45. The van der Waals surface area contributed by atoms with Crippen molar-refractivity contribution >= 4 is 5.91 Å². The molecule has 0 atom stereocenters. The van der Waals surface area contributed by atoms with Gasteiger partial charge in [-0.3, -0.25) is 10.2 Å². The van der Waals surface area contributed by atoms with Gasteiger partial charge in [0.05, 0.1) is 5.41 Å². The fraction of sp³-hybridized carbons (Fsp3) is 0.900. The van der Waals surface area contributed by atoms with Crippen LogP contribution in [-0.2, 0) is 4.79 Å². The van der Waals surface area contributed by atoms with E-state index in [9.17, 15) is 4.79 Å². The van der Waals surface area contributed by atoms with Gasteiger partial charge in [-0.25, -0.2) is 5.84 Å². The van der Waals surface area contributed by atoms with Crippen molar-refractivity contribution < 1.29 is 4.79 Å². The summed E-state index contributed by atoms with van der Waals surface area (Å²) in [5.41, 5.74) is 2.18. The van der Waals surface area contributed by atoms with Gasteiger partial charge in [-0.15, -0.1) is 0 Å². The van der Waals surface area contributed by atoms with Gasteiger partial charge in [0.2, 0.25) is 5.91 Å². The summed E-state index contributed by atoms with van der Waals surface area (Å²) < 4.78 is 0. The Labute approximate surface area is 80.0 Å². The maximum atomic E-state index is 11.6. The second-order valence-corrected chi connectivity index (χ2v) is 4.06. The molecule has 1 rings (SSSR count). The second-order valence-electron chi connectivity index (χ2n) is 4.06. The van der Waals surface area contributed by atoms with E-state index in [2.05, 4.69) is 12.3 Å². The van der Waals surface area contributed by atoms with Crippen molar-refractivity contribution in [2.24, 2.45) is 11.3 Å². The Morgan fingerprint density at radius 3 is 2.46 bits per heavy atom. The number of carbonyl (C=O) groups excluding carboxylic acids is 1. The molecule has 76 valence electrons. The van der Waals surface area contributed by atoms with Crippen molar-refractivity contribution in [3.05, 3.63) is 0 Å². The zero-order valence-corrected chi connectivity index (χ0v) is 8.44. The molecule has 0 aromatic heterocycles. The number of amides is 1. The van der Waals surface area contributed by atoms with Gasteiger partial charge in [0, 0.05) is 0 Å². The van der Waals surface area contributed by atoms with E-state index in [0.717, 1.165) is 25.7 Å². The Morgan fingerprint density at radius 2 is 2.00 bits per heavy atom. The molecule has 3 N–H and O–H groups in total. The van der Waals surface area contributed by atoms with Crippen LogP contribution in [0.15, 0.2) is 0 Å². The molecule has 0 saturated heterocycles. The van der Waals surface area contributed by atoms with Gasteiger partial charge in [0.1, 0.15) is 0 Å². The number of nitrogens with one attached hydrogen (secondary N) is 1. The molecule has 0 aromatic carbocycles. The van der Waals surface area contributed by atoms with E-state index in [1.807, 2.05) is 0 Å². The van der Waals surface area contributed by atoms with Crippen LogP contribution in [0.4, 0.5) is 0 Å². The van der Waals surface area contributed by atoms with Crippen LogP contribution in [0.5, 0.6) is 0 Å². The standard InChI is InChI=1S/C10H20N2O/c1-2-6-10(9(13)12-11)7-4-3-5-8-10/h2-8,11H2,1H3,(H,12,13). The highest BCUT2D eigenvalue weighted by Gasteiger charge is 2.37. The summed E-state index contributed by atoms with van der Waals surface area (Å²) in [7, 11) is 0. The summed E-state index contributed by atoms with van der Waals surface area (Å²) >= 11 is 0. The smallest absolute Gasteiger partial charge is 0.240 e. The summed E-state index contributed by atoms with van der Waals surface area (Å²) in [4.78, 5) is 11.6. The second kappa shape index (κ2) is 4.61. The van der Waals surface area contributed by atoms with Gasteiger partial charge in [-0.2, -0.15) is 0 Å². The largest absolute Gasteiger partial charge is 0.294 e. The molecule has 1 aliphatic carbocycles. The first-order chi connectivity index (χ1) is 6.25. The van der Waals surface area contributed by atoms with Crippen LogP contribution >= 0.6 is 0 Å². The predicted molar refractivity (Wildman–Crippen MR) is 52.8 cm³/mol. The van der Waals surface area contributed by atoms with E-state index < -0.39 is 0 Å². The highest BCUT2D eigenvalue weighted by atomic mass is 16.2. The fourth-order valence-corrected chi connectivity index (χ4v) is 2.45. The molecule has 13 heavy (non-hydrogen) atoms. The average Bonchev–Trinajstić information content (AvgIpc) is 2.18. The molecule has 0 unspecified atom stereocenters. The number of hydrogen-bond acceptors (Lipinski definition) is 2. The van der Waals surface area contributed by atoms with Crippen LogP contribution in [0, 0.1) is 5.41 Å². The third-order valence-corrected chi connectivity index (χ3v) is 3.15. The molecular weight excluding hydrogens is 164 g/mol. The zero-order valence-electron chi connectivity index (χ0n) is 8.44. The van der Waals surface area contributed by atoms with E-state index in [1.54, 1.807) is 0 Å². The molecule has 0 aliphatic heterocycles. The highest BCUT2D eigenvalue weighted by molar-refractivity contribution is 5.82. The van der Waals surface area contributed by atoms with Crippen molar-refractivity contribution in [1.82, 2.24) is 5.43 Å². The minimum Gasteiger partial charge on any atom is -0.294 e. The normalized spacial score (nSPS) is 21.1. The lowest BCUT2D eigenvalue weighted by molar-refractivity contribution is -0.133.